The fourth-order valence-electron chi connectivity index (χ4n) is 3.58. The normalized spacial score (nSPS) is 19.1. The molecule has 0 bridgehead atoms. The third-order valence-electron chi connectivity index (χ3n) is 5.10. The van der Waals surface area contributed by atoms with E-state index in [2.05, 4.69) is 45.1 Å². The number of hydrogen-bond acceptors (Lipinski definition) is 5. The first-order chi connectivity index (χ1) is 12.9. The summed E-state index contributed by atoms with van der Waals surface area (Å²) in [5, 5.41) is 0. The van der Waals surface area contributed by atoms with Gasteiger partial charge in [-0.05, 0) is 43.2 Å². The topological polar surface area (TPSA) is 41.2 Å². The zero-order chi connectivity index (χ0) is 17.6. The highest BCUT2D eigenvalue weighted by atomic mass is 16.5. The van der Waals surface area contributed by atoms with Crippen molar-refractivity contribution in [2.75, 3.05) is 49.2 Å². The lowest BCUT2D eigenvalue weighted by Crippen LogP contribution is -2.36. The van der Waals surface area contributed by atoms with Gasteiger partial charge in [0.15, 0.2) is 5.88 Å². The molecule has 3 heterocycles. The highest BCUT2D eigenvalue weighted by Gasteiger charge is 2.13. The van der Waals surface area contributed by atoms with Gasteiger partial charge in [0.25, 0.3) is 0 Å². The number of rotatable bonds is 4. The molecule has 0 radical (unpaired) electrons. The van der Waals surface area contributed by atoms with E-state index in [1.165, 1.54) is 31.4 Å². The van der Waals surface area contributed by atoms with Gasteiger partial charge in [-0.2, -0.15) is 0 Å². The molecule has 0 spiro atoms. The summed E-state index contributed by atoms with van der Waals surface area (Å²) in [5.74, 6) is 1.78. The number of furan rings is 1. The number of anilines is 2. The smallest absolute Gasteiger partial charge is 0.196 e. The zero-order valence-electron chi connectivity index (χ0n) is 15.3. The van der Waals surface area contributed by atoms with Crippen LogP contribution in [0.3, 0.4) is 0 Å². The molecule has 0 atom stereocenters. The van der Waals surface area contributed by atoms with Gasteiger partial charge in [-0.3, -0.25) is 4.99 Å². The minimum absolute atomic E-state index is 0.803. The molecule has 26 heavy (non-hydrogen) atoms. The van der Waals surface area contributed by atoms with Gasteiger partial charge in [0.1, 0.15) is 5.76 Å². The molecule has 5 nitrogen and oxygen atoms in total. The molecular weight excluding hydrogens is 326 g/mol. The highest BCUT2D eigenvalue weighted by molar-refractivity contribution is 5.79. The predicted molar refractivity (Wildman–Crippen MR) is 106 cm³/mol. The van der Waals surface area contributed by atoms with Gasteiger partial charge >= 0.3 is 0 Å². The van der Waals surface area contributed by atoms with E-state index in [0.29, 0.717) is 0 Å². The van der Waals surface area contributed by atoms with Crippen molar-refractivity contribution in [3.05, 3.63) is 42.2 Å². The Balaban J connectivity index is 1.38. The SMILES string of the molecule is C(=Nc1ccc(N2CCOCC2)cc1)c1ccc(N2CCCCCC2)o1. The van der Waals surface area contributed by atoms with Crippen LogP contribution in [0.5, 0.6) is 0 Å². The molecule has 2 fully saturated rings. The average Bonchev–Trinajstić information content (AvgIpc) is 3.01. The Bertz CT molecular complexity index is 709. The van der Waals surface area contributed by atoms with E-state index < -0.39 is 0 Å². The van der Waals surface area contributed by atoms with Crippen LogP contribution in [0.2, 0.25) is 0 Å². The van der Waals surface area contributed by atoms with Crippen LogP contribution in [0, 0.1) is 0 Å². The van der Waals surface area contributed by atoms with Gasteiger partial charge < -0.3 is 19.0 Å². The van der Waals surface area contributed by atoms with Crippen molar-refractivity contribution in [1.82, 2.24) is 0 Å². The van der Waals surface area contributed by atoms with Crippen molar-refractivity contribution in [1.29, 1.82) is 0 Å². The van der Waals surface area contributed by atoms with E-state index in [4.69, 9.17) is 9.15 Å². The van der Waals surface area contributed by atoms with Crippen molar-refractivity contribution >= 4 is 23.5 Å². The van der Waals surface area contributed by atoms with Gasteiger partial charge in [-0.1, -0.05) is 12.8 Å². The van der Waals surface area contributed by atoms with Crippen molar-refractivity contribution in [2.24, 2.45) is 4.99 Å². The second kappa shape index (κ2) is 8.41. The Morgan fingerprint density at radius 2 is 1.50 bits per heavy atom. The van der Waals surface area contributed by atoms with Crippen LogP contribution < -0.4 is 9.80 Å². The molecule has 2 aromatic rings. The molecule has 0 amide bonds. The minimum atomic E-state index is 0.803. The summed E-state index contributed by atoms with van der Waals surface area (Å²) in [6, 6.07) is 12.4. The van der Waals surface area contributed by atoms with E-state index in [1.54, 1.807) is 0 Å². The highest BCUT2D eigenvalue weighted by Crippen LogP contribution is 2.23. The Labute approximate surface area is 155 Å². The minimum Gasteiger partial charge on any atom is -0.440 e. The predicted octanol–water partition coefficient (Wildman–Crippen LogP) is 4.25. The summed E-state index contributed by atoms with van der Waals surface area (Å²) >= 11 is 0. The zero-order valence-corrected chi connectivity index (χ0v) is 15.3. The summed E-state index contributed by atoms with van der Waals surface area (Å²) in [7, 11) is 0. The van der Waals surface area contributed by atoms with E-state index in [1.807, 2.05) is 12.3 Å². The maximum Gasteiger partial charge on any atom is 0.196 e. The van der Waals surface area contributed by atoms with Gasteiger partial charge in [-0.25, -0.2) is 0 Å². The number of aliphatic imine (C=N–C) groups is 1. The van der Waals surface area contributed by atoms with Gasteiger partial charge in [-0.15, -0.1) is 0 Å². The maximum absolute atomic E-state index is 5.97. The van der Waals surface area contributed by atoms with Crippen LogP contribution in [0.1, 0.15) is 31.4 Å². The largest absolute Gasteiger partial charge is 0.440 e. The Kier molecular flexibility index (Phi) is 5.55. The Morgan fingerprint density at radius 1 is 0.769 bits per heavy atom. The van der Waals surface area contributed by atoms with Crippen LogP contribution in [0.15, 0.2) is 45.8 Å². The molecule has 2 aliphatic heterocycles. The van der Waals surface area contributed by atoms with E-state index >= 15 is 0 Å². The summed E-state index contributed by atoms with van der Waals surface area (Å²) in [6.45, 7) is 5.69. The van der Waals surface area contributed by atoms with Crippen LogP contribution >= 0.6 is 0 Å². The fourth-order valence-corrected chi connectivity index (χ4v) is 3.58. The molecule has 0 N–H and O–H groups in total. The molecule has 0 aliphatic carbocycles. The lowest BCUT2D eigenvalue weighted by molar-refractivity contribution is 0.122. The molecular formula is C21H27N3O2. The number of hydrogen-bond donors (Lipinski definition) is 0. The summed E-state index contributed by atoms with van der Waals surface area (Å²) in [6.07, 6.45) is 6.96. The monoisotopic (exact) mass is 353 g/mol. The summed E-state index contributed by atoms with van der Waals surface area (Å²) in [4.78, 5) is 9.25. The summed E-state index contributed by atoms with van der Waals surface area (Å²) in [5.41, 5.74) is 2.17. The number of ether oxygens (including phenoxy) is 1. The quantitative estimate of drug-likeness (QED) is 0.771. The molecule has 0 unspecified atom stereocenters. The molecule has 0 saturated carbocycles. The second-order valence-corrected chi connectivity index (χ2v) is 6.95. The standard InChI is InChI=1S/C21H27N3O2/c1-2-4-12-24(11-3-1)21-10-9-20(26-21)17-22-18-5-7-19(8-6-18)23-13-15-25-16-14-23/h5-10,17H,1-4,11-16H2. The fraction of sp³-hybridized carbons (Fsp3) is 0.476. The Morgan fingerprint density at radius 3 is 2.23 bits per heavy atom. The third kappa shape index (κ3) is 4.28. The van der Waals surface area contributed by atoms with Crippen molar-refractivity contribution in [3.8, 4) is 0 Å². The Hall–Kier alpha value is -2.27. The summed E-state index contributed by atoms with van der Waals surface area (Å²) < 4.78 is 11.4. The van der Waals surface area contributed by atoms with Crippen molar-refractivity contribution < 1.29 is 9.15 Å². The molecule has 2 aliphatic rings. The van der Waals surface area contributed by atoms with Crippen molar-refractivity contribution in [3.63, 3.8) is 0 Å². The van der Waals surface area contributed by atoms with Gasteiger partial charge in [0, 0.05) is 37.9 Å². The average molecular weight is 353 g/mol. The van der Waals surface area contributed by atoms with Crippen LogP contribution in [0.25, 0.3) is 0 Å². The number of nitrogens with zero attached hydrogens (tertiary/aromatic N) is 3. The van der Waals surface area contributed by atoms with Crippen LogP contribution in [-0.2, 0) is 4.74 Å². The van der Waals surface area contributed by atoms with Gasteiger partial charge in [0.05, 0.1) is 25.1 Å². The molecule has 1 aromatic carbocycles. The van der Waals surface area contributed by atoms with E-state index in [0.717, 1.165) is 56.7 Å². The van der Waals surface area contributed by atoms with Crippen molar-refractivity contribution in [2.45, 2.75) is 25.7 Å². The molecule has 5 heteroatoms. The third-order valence-corrected chi connectivity index (χ3v) is 5.10. The molecule has 2 saturated heterocycles. The van der Waals surface area contributed by atoms with Crippen LogP contribution in [-0.4, -0.2) is 45.6 Å². The van der Waals surface area contributed by atoms with Gasteiger partial charge in [0.2, 0.25) is 0 Å². The first-order valence-electron chi connectivity index (χ1n) is 9.70. The second-order valence-electron chi connectivity index (χ2n) is 6.95. The molecule has 1 aromatic heterocycles. The van der Waals surface area contributed by atoms with E-state index in [-0.39, 0.29) is 0 Å². The van der Waals surface area contributed by atoms with Crippen LogP contribution in [0.4, 0.5) is 17.3 Å². The molecule has 138 valence electrons. The number of morpholine rings is 1. The first kappa shape index (κ1) is 17.2. The number of benzene rings is 1. The maximum atomic E-state index is 5.97. The lowest BCUT2D eigenvalue weighted by atomic mass is 10.2. The lowest BCUT2D eigenvalue weighted by Gasteiger charge is -2.28. The van der Waals surface area contributed by atoms with E-state index in [9.17, 15) is 0 Å². The molecule has 4 rings (SSSR count). The first-order valence-corrected chi connectivity index (χ1v) is 9.70.